The smallest absolute Gasteiger partial charge is 0.260 e. The quantitative estimate of drug-likeness (QED) is 0.265. The molecule has 7 nitrogen and oxygen atoms in total. The van der Waals surface area contributed by atoms with E-state index in [9.17, 15) is 13.2 Å². The largest absolute Gasteiger partial charge is 0.497 e. The normalized spacial score (nSPS) is 14.6. The van der Waals surface area contributed by atoms with E-state index >= 15 is 0 Å². The van der Waals surface area contributed by atoms with Crippen molar-refractivity contribution >= 4 is 42.6 Å². The van der Waals surface area contributed by atoms with Crippen molar-refractivity contribution in [1.82, 2.24) is 9.29 Å². The van der Waals surface area contributed by atoms with Gasteiger partial charge in [-0.15, -0.1) is 0 Å². The average molecular weight is 550 g/mol. The maximum Gasteiger partial charge on any atom is 0.260 e. The maximum atomic E-state index is 13.8. The highest BCUT2D eigenvalue weighted by atomic mass is 32.2. The molecule has 0 unspecified atom stereocenters. The van der Waals surface area contributed by atoms with Crippen molar-refractivity contribution in [3.8, 4) is 5.75 Å². The molecule has 5 rings (SSSR count). The first kappa shape index (κ1) is 26.3. The zero-order valence-electron chi connectivity index (χ0n) is 21.5. The van der Waals surface area contributed by atoms with Gasteiger partial charge in [-0.05, 0) is 54.8 Å². The van der Waals surface area contributed by atoms with Crippen LogP contribution < -0.4 is 9.64 Å². The lowest BCUT2D eigenvalue weighted by atomic mass is 9.96. The number of nitrogens with zero attached hydrogens (tertiary/aromatic N) is 3. The molecule has 4 aromatic rings. The van der Waals surface area contributed by atoms with E-state index < -0.39 is 10.0 Å². The fourth-order valence-corrected chi connectivity index (χ4v) is 7.22. The molecule has 1 heterocycles. The number of thiazole rings is 1. The van der Waals surface area contributed by atoms with Crippen LogP contribution in [0.2, 0.25) is 0 Å². The predicted molar refractivity (Wildman–Crippen MR) is 151 cm³/mol. The molecule has 1 aliphatic carbocycles. The summed E-state index contributed by atoms with van der Waals surface area (Å²) in [6, 6.07) is 21.7. The molecule has 1 saturated carbocycles. The number of ether oxygens (including phenoxy) is 1. The molecule has 0 bridgehead atoms. The first-order valence-electron chi connectivity index (χ1n) is 12.8. The summed E-state index contributed by atoms with van der Waals surface area (Å²) in [6.45, 7) is 0.334. The Balaban J connectivity index is 1.44. The second-order valence-corrected chi connectivity index (χ2v) is 12.6. The molecule has 1 aromatic heterocycles. The lowest BCUT2D eigenvalue weighted by Crippen LogP contribution is -2.38. The van der Waals surface area contributed by atoms with E-state index in [1.54, 1.807) is 31.2 Å². The van der Waals surface area contributed by atoms with Gasteiger partial charge in [0.05, 0.1) is 28.8 Å². The molecule has 1 aliphatic rings. The van der Waals surface area contributed by atoms with Gasteiger partial charge in [-0.25, -0.2) is 13.4 Å². The van der Waals surface area contributed by atoms with Crippen LogP contribution in [0.5, 0.6) is 5.75 Å². The molecular weight excluding hydrogens is 518 g/mol. The lowest BCUT2D eigenvalue weighted by Gasteiger charge is -2.30. The summed E-state index contributed by atoms with van der Waals surface area (Å²) in [6.07, 6.45) is 5.02. The number of benzene rings is 3. The molecule has 0 spiro atoms. The summed E-state index contributed by atoms with van der Waals surface area (Å²) < 4.78 is 34.3. The number of sulfonamides is 1. The number of hydrogen-bond donors (Lipinski definition) is 0. The van der Waals surface area contributed by atoms with Crippen LogP contribution in [0.4, 0.5) is 5.13 Å². The third kappa shape index (κ3) is 5.45. The molecular formula is C29H31N3O4S2. The van der Waals surface area contributed by atoms with Crippen molar-refractivity contribution in [2.45, 2.75) is 49.6 Å². The minimum absolute atomic E-state index is 0.0223. The standard InChI is InChI=1S/C29H31N3O4S2/c1-31(23-11-7-4-8-12-23)38(34,35)25-16-13-22(14-17-25)28(33)32(20-21-9-5-3-6-10-21)29-30-26-19-24(36-2)15-18-27(26)37-29/h3,5-6,9-10,13-19,23H,4,7-8,11-12,20H2,1-2H3. The van der Waals surface area contributed by atoms with E-state index in [0.29, 0.717) is 23.0 Å². The Hall–Kier alpha value is -3.27. The number of methoxy groups -OCH3 is 1. The van der Waals surface area contributed by atoms with Gasteiger partial charge in [-0.3, -0.25) is 9.69 Å². The molecule has 198 valence electrons. The van der Waals surface area contributed by atoms with Crippen LogP contribution >= 0.6 is 11.3 Å². The van der Waals surface area contributed by atoms with Crippen LogP contribution in [0.1, 0.15) is 48.0 Å². The molecule has 0 N–H and O–H groups in total. The van der Waals surface area contributed by atoms with Gasteiger partial charge in [0.25, 0.3) is 5.91 Å². The van der Waals surface area contributed by atoms with Gasteiger partial charge in [0.15, 0.2) is 5.13 Å². The Morgan fingerprint density at radius 3 is 2.39 bits per heavy atom. The summed E-state index contributed by atoms with van der Waals surface area (Å²) in [7, 11) is -0.371. The summed E-state index contributed by atoms with van der Waals surface area (Å²) in [4.78, 5) is 20.4. The molecule has 38 heavy (non-hydrogen) atoms. The minimum atomic E-state index is -3.64. The highest BCUT2D eigenvalue weighted by Crippen LogP contribution is 2.33. The first-order chi connectivity index (χ1) is 18.4. The second kappa shape index (κ2) is 11.2. The molecule has 3 aromatic carbocycles. The van der Waals surface area contributed by atoms with Crippen LogP contribution in [0, 0.1) is 0 Å². The van der Waals surface area contributed by atoms with Crippen LogP contribution in [0.3, 0.4) is 0 Å². The highest BCUT2D eigenvalue weighted by Gasteiger charge is 2.29. The topological polar surface area (TPSA) is 79.8 Å². The Morgan fingerprint density at radius 1 is 1.00 bits per heavy atom. The number of anilines is 1. The number of rotatable bonds is 8. The van der Waals surface area contributed by atoms with Crippen LogP contribution in [-0.4, -0.2) is 43.8 Å². The van der Waals surface area contributed by atoms with Crippen molar-refractivity contribution in [2.75, 3.05) is 19.1 Å². The van der Waals surface area contributed by atoms with Crippen molar-refractivity contribution in [3.63, 3.8) is 0 Å². The predicted octanol–water partition coefficient (Wildman–Crippen LogP) is 6.11. The van der Waals surface area contributed by atoms with E-state index in [1.807, 2.05) is 48.5 Å². The van der Waals surface area contributed by atoms with Crippen molar-refractivity contribution < 1.29 is 17.9 Å². The number of amides is 1. The zero-order valence-corrected chi connectivity index (χ0v) is 23.2. The molecule has 1 fully saturated rings. The Labute approximate surface area is 227 Å². The first-order valence-corrected chi connectivity index (χ1v) is 15.0. The fourth-order valence-electron chi connectivity index (χ4n) is 4.86. The van der Waals surface area contributed by atoms with Gasteiger partial charge >= 0.3 is 0 Å². The van der Waals surface area contributed by atoms with Crippen molar-refractivity contribution in [2.24, 2.45) is 0 Å². The number of aromatic nitrogens is 1. The van der Waals surface area contributed by atoms with Crippen molar-refractivity contribution in [1.29, 1.82) is 0 Å². The lowest BCUT2D eigenvalue weighted by molar-refractivity contribution is 0.0985. The van der Waals surface area contributed by atoms with Crippen LogP contribution in [0.25, 0.3) is 10.2 Å². The van der Waals surface area contributed by atoms with Gasteiger partial charge < -0.3 is 4.74 Å². The minimum Gasteiger partial charge on any atom is -0.497 e. The summed E-state index contributed by atoms with van der Waals surface area (Å²) in [5.74, 6) is 0.453. The Morgan fingerprint density at radius 2 is 1.71 bits per heavy atom. The fraction of sp³-hybridized carbons (Fsp3) is 0.310. The zero-order chi connectivity index (χ0) is 26.7. The Kier molecular flexibility index (Phi) is 7.78. The maximum absolute atomic E-state index is 13.8. The van der Waals surface area contributed by atoms with E-state index in [4.69, 9.17) is 9.72 Å². The van der Waals surface area contributed by atoms with Gasteiger partial charge in [0, 0.05) is 24.7 Å². The Bertz CT molecular complexity index is 1510. The average Bonchev–Trinajstić information content (AvgIpc) is 3.39. The van der Waals surface area contributed by atoms with Gasteiger partial charge in [0.2, 0.25) is 10.0 Å². The molecule has 0 atom stereocenters. The second-order valence-electron chi connectivity index (χ2n) is 9.54. The molecule has 0 aliphatic heterocycles. The molecule has 0 radical (unpaired) electrons. The van der Waals surface area contributed by atoms with Gasteiger partial charge in [-0.1, -0.05) is 60.9 Å². The SMILES string of the molecule is COc1ccc2sc(N(Cc3ccccc3)C(=O)c3ccc(S(=O)(=O)N(C)C4CCCCC4)cc3)nc2c1. The van der Waals surface area contributed by atoms with E-state index in [1.165, 1.54) is 27.8 Å². The number of carbonyl (C=O) groups excluding carboxylic acids is 1. The van der Waals surface area contributed by atoms with E-state index in [-0.39, 0.29) is 16.8 Å². The monoisotopic (exact) mass is 549 g/mol. The van der Waals surface area contributed by atoms with E-state index in [0.717, 1.165) is 47.9 Å². The number of hydrogen-bond acceptors (Lipinski definition) is 6. The third-order valence-electron chi connectivity index (χ3n) is 7.11. The van der Waals surface area contributed by atoms with Crippen molar-refractivity contribution in [3.05, 3.63) is 83.9 Å². The van der Waals surface area contributed by atoms with E-state index in [2.05, 4.69) is 0 Å². The summed E-state index contributed by atoms with van der Waals surface area (Å²) in [5.41, 5.74) is 2.12. The third-order valence-corrected chi connectivity index (χ3v) is 10.1. The summed E-state index contributed by atoms with van der Waals surface area (Å²) >= 11 is 1.43. The van der Waals surface area contributed by atoms with Crippen LogP contribution in [-0.2, 0) is 16.6 Å². The molecule has 9 heteroatoms. The van der Waals surface area contributed by atoms with Crippen LogP contribution in [0.15, 0.2) is 77.7 Å². The number of carbonyl (C=O) groups is 1. The molecule has 0 saturated heterocycles. The summed E-state index contributed by atoms with van der Waals surface area (Å²) in [5, 5.41) is 0.566. The van der Waals surface area contributed by atoms with Gasteiger partial charge in [-0.2, -0.15) is 4.31 Å². The highest BCUT2D eigenvalue weighted by molar-refractivity contribution is 7.89. The molecule has 1 amide bonds. The van der Waals surface area contributed by atoms with Gasteiger partial charge in [0.1, 0.15) is 5.75 Å². The number of fused-ring (bicyclic) bond motifs is 1.